The standard InChI is InChI=1S/C22H26N4O2/c1-16(2)24-22(28)14-15-23-21(27)13-12-20-25-18-10-6-7-11-19(18)26(20)17-8-4-3-5-9-17/h3-11,16H,12-15H2,1-2H3,(H,23,27)(H,24,28). The van der Waals surface area contributed by atoms with E-state index in [-0.39, 0.29) is 24.3 Å². The molecule has 0 saturated heterocycles. The molecule has 0 aliphatic heterocycles. The second-order valence-electron chi connectivity index (χ2n) is 7.01. The molecule has 0 atom stereocenters. The molecule has 2 aromatic carbocycles. The summed E-state index contributed by atoms with van der Waals surface area (Å²) >= 11 is 0. The zero-order valence-corrected chi connectivity index (χ0v) is 16.3. The van der Waals surface area contributed by atoms with E-state index in [4.69, 9.17) is 4.98 Å². The molecule has 0 aliphatic rings. The highest BCUT2D eigenvalue weighted by Crippen LogP contribution is 2.22. The molecule has 6 heteroatoms. The van der Waals surface area contributed by atoms with Gasteiger partial charge in [-0.3, -0.25) is 14.2 Å². The van der Waals surface area contributed by atoms with Gasteiger partial charge in [-0.15, -0.1) is 0 Å². The van der Waals surface area contributed by atoms with Crippen LogP contribution in [0.5, 0.6) is 0 Å². The summed E-state index contributed by atoms with van der Waals surface area (Å²) in [7, 11) is 0. The van der Waals surface area contributed by atoms with Gasteiger partial charge in [0, 0.05) is 37.5 Å². The van der Waals surface area contributed by atoms with E-state index in [9.17, 15) is 9.59 Å². The Morgan fingerprint density at radius 3 is 2.43 bits per heavy atom. The molecule has 0 bridgehead atoms. The molecule has 1 aromatic heterocycles. The number of hydrogen-bond donors (Lipinski definition) is 2. The number of imidazole rings is 1. The fraction of sp³-hybridized carbons (Fsp3) is 0.318. The smallest absolute Gasteiger partial charge is 0.221 e. The highest BCUT2D eigenvalue weighted by atomic mass is 16.2. The number of amides is 2. The number of hydrogen-bond acceptors (Lipinski definition) is 3. The van der Waals surface area contributed by atoms with Gasteiger partial charge in [-0.05, 0) is 38.1 Å². The first-order chi connectivity index (χ1) is 13.5. The lowest BCUT2D eigenvalue weighted by Gasteiger charge is -2.10. The molecule has 3 aromatic rings. The van der Waals surface area contributed by atoms with Crippen molar-refractivity contribution in [3.05, 3.63) is 60.4 Å². The number of aromatic nitrogens is 2. The van der Waals surface area contributed by atoms with Crippen molar-refractivity contribution in [3.63, 3.8) is 0 Å². The average Bonchev–Trinajstić information content (AvgIpc) is 3.05. The number of aryl methyl sites for hydroxylation is 1. The molecule has 2 amide bonds. The van der Waals surface area contributed by atoms with Crippen molar-refractivity contribution in [2.24, 2.45) is 0 Å². The van der Waals surface area contributed by atoms with Crippen molar-refractivity contribution >= 4 is 22.8 Å². The number of carbonyl (C=O) groups excluding carboxylic acids is 2. The molecule has 3 rings (SSSR count). The minimum atomic E-state index is -0.0796. The van der Waals surface area contributed by atoms with Gasteiger partial charge in [-0.2, -0.15) is 0 Å². The van der Waals surface area contributed by atoms with Crippen molar-refractivity contribution in [2.45, 2.75) is 39.2 Å². The van der Waals surface area contributed by atoms with Gasteiger partial charge in [0.25, 0.3) is 0 Å². The first-order valence-electron chi connectivity index (χ1n) is 9.62. The minimum absolute atomic E-state index is 0.0545. The van der Waals surface area contributed by atoms with Crippen LogP contribution in [0.3, 0.4) is 0 Å². The van der Waals surface area contributed by atoms with Crippen molar-refractivity contribution in [1.82, 2.24) is 20.2 Å². The van der Waals surface area contributed by atoms with Gasteiger partial charge in [0.15, 0.2) is 0 Å². The van der Waals surface area contributed by atoms with E-state index in [1.54, 1.807) is 0 Å². The fourth-order valence-corrected chi connectivity index (χ4v) is 3.13. The fourth-order valence-electron chi connectivity index (χ4n) is 3.13. The third-order valence-corrected chi connectivity index (χ3v) is 4.34. The molecule has 0 spiro atoms. The Morgan fingerprint density at radius 1 is 0.964 bits per heavy atom. The van der Waals surface area contributed by atoms with E-state index in [0.717, 1.165) is 22.5 Å². The number of rotatable bonds is 8. The van der Waals surface area contributed by atoms with Gasteiger partial charge in [-0.25, -0.2) is 4.98 Å². The Bertz CT molecular complexity index is 948. The van der Waals surface area contributed by atoms with Crippen LogP contribution in [0.25, 0.3) is 16.7 Å². The van der Waals surface area contributed by atoms with Crippen LogP contribution in [0.2, 0.25) is 0 Å². The molecule has 1 heterocycles. The maximum Gasteiger partial charge on any atom is 0.221 e. The summed E-state index contributed by atoms with van der Waals surface area (Å²) in [4.78, 5) is 28.6. The second kappa shape index (κ2) is 9.17. The average molecular weight is 378 g/mol. The normalized spacial score (nSPS) is 11.0. The van der Waals surface area contributed by atoms with Crippen LogP contribution in [0.4, 0.5) is 0 Å². The molecule has 2 N–H and O–H groups in total. The second-order valence-corrected chi connectivity index (χ2v) is 7.01. The minimum Gasteiger partial charge on any atom is -0.356 e. The summed E-state index contributed by atoms with van der Waals surface area (Å²) < 4.78 is 2.10. The molecule has 6 nitrogen and oxygen atoms in total. The van der Waals surface area contributed by atoms with Gasteiger partial charge in [0.2, 0.25) is 11.8 Å². The van der Waals surface area contributed by atoms with Crippen LogP contribution in [0, 0.1) is 0 Å². The predicted molar refractivity (Wildman–Crippen MR) is 110 cm³/mol. The number of para-hydroxylation sites is 3. The van der Waals surface area contributed by atoms with Crippen LogP contribution in [0.15, 0.2) is 54.6 Å². The third kappa shape index (κ3) is 4.97. The highest BCUT2D eigenvalue weighted by molar-refractivity contribution is 5.80. The third-order valence-electron chi connectivity index (χ3n) is 4.34. The molecule has 0 aliphatic carbocycles. The van der Waals surface area contributed by atoms with Crippen molar-refractivity contribution < 1.29 is 9.59 Å². The molecule has 28 heavy (non-hydrogen) atoms. The first-order valence-corrected chi connectivity index (χ1v) is 9.62. The number of benzene rings is 2. The van der Waals surface area contributed by atoms with Gasteiger partial charge < -0.3 is 10.6 Å². The maximum atomic E-state index is 12.2. The highest BCUT2D eigenvalue weighted by Gasteiger charge is 2.13. The molecule has 0 radical (unpaired) electrons. The van der Waals surface area contributed by atoms with E-state index in [0.29, 0.717) is 19.4 Å². The lowest BCUT2D eigenvalue weighted by Crippen LogP contribution is -2.34. The van der Waals surface area contributed by atoms with Crippen LogP contribution in [-0.4, -0.2) is 34.0 Å². The topological polar surface area (TPSA) is 76.0 Å². The monoisotopic (exact) mass is 378 g/mol. The van der Waals surface area contributed by atoms with Crippen LogP contribution in [-0.2, 0) is 16.0 Å². The maximum absolute atomic E-state index is 12.2. The quantitative estimate of drug-likeness (QED) is 0.633. The van der Waals surface area contributed by atoms with Crippen LogP contribution < -0.4 is 10.6 Å². The zero-order valence-electron chi connectivity index (χ0n) is 16.3. The number of carbonyl (C=O) groups is 2. The van der Waals surface area contributed by atoms with Gasteiger partial charge in [-0.1, -0.05) is 30.3 Å². The Hall–Kier alpha value is -3.15. The summed E-state index contributed by atoms with van der Waals surface area (Å²) in [5.41, 5.74) is 2.96. The Morgan fingerprint density at radius 2 is 1.68 bits per heavy atom. The van der Waals surface area contributed by atoms with Gasteiger partial charge in [0.05, 0.1) is 11.0 Å². The summed E-state index contributed by atoms with van der Waals surface area (Å²) in [5, 5.41) is 5.62. The van der Waals surface area contributed by atoms with Crippen molar-refractivity contribution in [1.29, 1.82) is 0 Å². The molecule has 146 valence electrons. The SMILES string of the molecule is CC(C)NC(=O)CCNC(=O)CCc1nc2ccccc2n1-c1ccccc1. The van der Waals surface area contributed by atoms with Crippen LogP contribution in [0.1, 0.15) is 32.5 Å². The van der Waals surface area contributed by atoms with E-state index in [2.05, 4.69) is 15.2 Å². The van der Waals surface area contributed by atoms with Crippen molar-refractivity contribution in [2.75, 3.05) is 6.54 Å². The number of fused-ring (bicyclic) bond motifs is 1. The molecule has 0 fully saturated rings. The van der Waals surface area contributed by atoms with E-state index in [1.807, 2.05) is 68.4 Å². The summed E-state index contributed by atoms with van der Waals surface area (Å²) in [6.07, 6.45) is 1.13. The van der Waals surface area contributed by atoms with E-state index < -0.39 is 0 Å². The number of nitrogens with zero attached hydrogens (tertiary/aromatic N) is 2. The van der Waals surface area contributed by atoms with Crippen LogP contribution >= 0.6 is 0 Å². The summed E-state index contributed by atoms with van der Waals surface area (Å²) in [5.74, 6) is 0.713. The Kier molecular flexibility index (Phi) is 6.42. The molecule has 0 unspecified atom stereocenters. The largest absolute Gasteiger partial charge is 0.356 e. The molecule has 0 saturated carbocycles. The zero-order chi connectivity index (χ0) is 19.9. The van der Waals surface area contributed by atoms with Crippen molar-refractivity contribution in [3.8, 4) is 5.69 Å². The summed E-state index contributed by atoms with van der Waals surface area (Å²) in [6.45, 7) is 4.16. The Balaban J connectivity index is 1.65. The first kappa shape index (κ1) is 19.6. The summed E-state index contributed by atoms with van der Waals surface area (Å²) in [6, 6.07) is 18.1. The predicted octanol–water partition coefficient (Wildman–Crippen LogP) is 2.99. The number of nitrogens with one attached hydrogen (secondary N) is 2. The molecular formula is C22H26N4O2. The van der Waals surface area contributed by atoms with E-state index >= 15 is 0 Å². The lowest BCUT2D eigenvalue weighted by molar-refractivity contribution is -0.122. The van der Waals surface area contributed by atoms with E-state index in [1.165, 1.54) is 0 Å². The van der Waals surface area contributed by atoms with Gasteiger partial charge in [0.1, 0.15) is 5.82 Å². The Labute approximate surface area is 165 Å². The molecular weight excluding hydrogens is 352 g/mol. The lowest BCUT2D eigenvalue weighted by atomic mass is 10.2. The van der Waals surface area contributed by atoms with Gasteiger partial charge >= 0.3 is 0 Å².